The summed E-state index contributed by atoms with van der Waals surface area (Å²) in [6.07, 6.45) is 7.82. The Balaban J connectivity index is 1.65. The molecule has 6 heteroatoms. The number of hydrogen-bond acceptors (Lipinski definition) is 3. The van der Waals surface area contributed by atoms with Crippen LogP contribution in [0.3, 0.4) is 0 Å². The molecule has 6 nitrogen and oxygen atoms in total. The standard InChI is InChI=1S/C16H24N4O2/c1-16(15(22)18-12-5-2-3-6-12)8-4-10-20(11-16)14(21)13-7-9-17-19-13/h7,9,12H,2-6,8,10-11H2,1H3,(H,17,19)(H,18,22)/t16-/m0/s1. The van der Waals surface area contributed by atoms with E-state index in [0.29, 0.717) is 24.8 Å². The monoisotopic (exact) mass is 304 g/mol. The summed E-state index contributed by atoms with van der Waals surface area (Å²) >= 11 is 0. The number of carbonyl (C=O) groups excluding carboxylic acids is 2. The SMILES string of the molecule is C[C@]1(C(=O)NC2CCCC2)CCCN(C(=O)c2ccn[nH]2)C1. The molecule has 1 atom stereocenters. The topological polar surface area (TPSA) is 78.1 Å². The Hall–Kier alpha value is -1.85. The Morgan fingerprint density at radius 3 is 2.82 bits per heavy atom. The summed E-state index contributed by atoms with van der Waals surface area (Å²) in [5.74, 6) is 0.0265. The number of amides is 2. The minimum absolute atomic E-state index is 0.0721. The van der Waals surface area contributed by atoms with Gasteiger partial charge in [-0.05, 0) is 38.7 Å². The zero-order valence-corrected chi connectivity index (χ0v) is 13.1. The molecule has 0 unspecified atom stereocenters. The van der Waals surface area contributed by atoms with E-state index in [4.69, 9.17) is 0 Å². The van der Waals surface area contributed by atoms with E-state index < -0.39 is 5.41 Å². The van der Waals surface area contributed by atoms with E-state index in [9.17, 15) is 9.59 Å². The largest absolute Gasteiger partial charge is 0.353 e. The van der Waals surface area contributed by atoms with E-state index in [2.05, 4.69) is 15.5 Å². The molecule has 0 aromatic carbocycles. The fraction of sp³-hybridized carbons (Fsp3) is 0.688. The fourth-order valence-electron chi connectivity index (χ4n) is 3.57. The van der Waals surface area contributed by atoms with Crippen LogP contribution in [0.4, 0.5) is 0 Å². The second kappa shape index (κ2) is 6.10. The van der Waals surface area contributed by atoms with Crippen LogP contribution < -0.4 is 5.32 Å². The van der Waals surface area contributed by atoms with Crippen molar-refractivity contribution in [1.82, 2.24) is 20.4 Å². The maximum atomic E-state index is 12.7. The molecule has 120 valence electrons. The van der Waals surface area contributed by atoms with Crippen molar-refractivity contribution in [3.05, 3.63) is 18.0 Å². The van der Waals surface area contributed by atoms with Gasteiger partial charge in [0.1, 0.15) is 5.69 Å². The van der Waals surface area contributed by atoms with Gasteiger partial charge in [-0.15, -0.1) is 0 Å². The Morgan fingerprint density at radius 1 is 1.36 bits per heavy atom. The van der Waals surface area contributed by atoms with Crippen molar-refractivity contribution in [3.8, 4) is 0 Å². The van der Waals surface area contributed by atoms with Gasteiger partial charge in [0.25, 0.3) is 5.91 Å². The Kier molecular flexibility index (Phi) is 4.18. The molecular weight excluding hydrogens is 280 g/mol. The van der Waals surface area contributed by atoms with Crippen LogP contribution in [0.15, 0.2) is 12.3 Å². The molecule has 2 fully saturated rings. The third-order valence-electron chi connectivity index (χ3n) is 4.95. The molecule has 0 spiro atoms. The van der Waals surface area contributed by atoms with Gasteiger partial charge in [-0.1, -0.05) is 12.8 Å². The van der Waals surface area contributed by atoms with Gasteiger partial charge in [0.05, 0.1) is 5.41 Å². The summed E-state index contributed by atoms with van der Waals surface area (Å²) in [6, 6.07) is 2.00. The van der Waals surface area contributed by atoms with Gasteiger partial charge < -0.3 is 10.2 Å². The first kappa shape index (κ1) is 15.1. The lowest BCUT2D eigenvalue weighted by atomic mass is 9.80. The third-order valence-corrected chi connectivity index (χ3v) is 4.95. The van der Waals surface area contributed by atoms with Gasteiger partial charge >= 0.3 is 0 Å². The van der Waals surface area contributed by atoms with Crippen LogP contribution in [0.5, 0.6) is 0 Å². The highest BCUT2D eigenvalue weighted by molar-refractivity contribution is 5.93. The minimum Gasteiger partial charge on any atom is -0.353 e. The van der Waals surface area contributed by atoms with Crippen LogP contribution in [-0.4, -0.2) is 46.0 Å². The van der Waals surface area contributed by atoms with Crippen LogP contribution in [0.1, 0.15) is 55.9 Å². The highest BCUT2D eigenvalue weighted by atomic mass is 16.2. The van der Waals surface area contributed by atoms with E-state index in [1.807, 2.05) is 6.92 Å². The van der Waals surface area contributed by atoms with Crippen LogP contribution in [0, 0.1) is 5.41 Å². The highest BCUT2D eigenvalue weighted by Gasteiger charge is 2.40. The summed E-state index contributed by atoms with van der Waals surface area (Å²) in [6.45, 7) is 3.15. The molecule has 0 radical (unpaired) electrons. The van der Waals surface area contributed by atoms with Crippen molar-refractivity contribution in [2.45, 2.75) is 51.5 Å². The summed E-state index contributed by atoms with van der Waals surface area (Å²) in [5, 5.41) is 9.72. The van der Waals surface area contributed by atoms with Crippen molar-refractivity contribution < 1.29 is 9.59 Å². The van der Waals surface area contributed by atoms with Crippen molar-refractivity contribution in [2.75, 3.05) is 13.1 Å². The van der Waals surface area contributed by atoms with Crippen LogP contribution in [-0.2, 0) is 4.79 Å². The van der Waals surface area contributed by atoms with Gasteiger partial charge in [-0.3, -0.25) is 14.7 Å². The van der Waals surface area contributed by atoms with E-state index in [1.54, 1.807) is 17.2 Å². The molecule has 1 aromatic heterocycles. The summed E-state index contributed by atoms with van der Waals surface area (Å²) in [5.41, 5.74) is -0.00303. The number of rotatable bonds is 3. The smallest absolute Gasteiger partial charge is 0.271 e. The second-order valence-corrected chi connectivity index (χ2v) is 6.82. The molecule has 2 amide bonds. The molecular formula is C16H24N4O2. The number of hydrogen-bond donors (Lipinski definition) is 2. The predicted molar refractivity (Wildman–Crippen MR) is 82.2 cm³/mol. The molecule has 2 aliphatic rings. The molecule has 2 heterocycles. The molecule has 1 saturated carbocycles. The molecule has 0 bridgehead atoms. The lowest BCUT2D eigenvalue weighted by Gasteiger charge is -2.39. The van der Waals surface area contributed by atoms with Crippen molar-refractivity contribution in [2.24, 2.45) is 5.41 Å². The van der Waals surface area contributed by atoms with Crippen LogP contribution >= 0.6 is 0 Å². The summed E-state index contributed by atoms with van der Waals surface area (Å²) in [4.78, 5) is 26.9. The van der Waals surface area contributed by atoms with Gasteiger partial charge in [0.2, 0.25) is 5.91 Å². The summed E-state index contributed by atoms with van der Waals surface area (Å²) < 4.78 is 0. The molecule has 3 rings (SSSR count). The number of aromatic nitrogens is 2. The van der Waals surface area contributed by atoms with Crippen molar-refractivity contribution >= 4 is 11.8 Å². The van der Waals surface area contributed by atoms with Gasteiger partial charge in [-0.2, -0.15) is 5.10 Å². The molecule has 1 saturated heterocycles. The average Bonchev–Trinajstić information content (AvgIpc) is 3.19. The lowest BCUT2D eigenvalue weighted by molar-refractivity contribution is -0.133. The number of H-pyrrole nitrogens is 1. The Labute approximate surface area is 130 Å². The molecule has 22 heavy (non-hydrogen) atoms. The highest BCUT2D eigenvalue weighted by Crippen LogP contribution is 2.31. The van der Waals surface area contributed by atoms with Crippen LogP contribution in [0.25, 0.3) is 0 Å². The minimum atomic E-state index is -0.490. The molecule has 1 aliphatic heterocycles. The van der Waals surface area contributed by atoms with E-state index in [-0.39, 0.29) is 11.8 Å². The number of aromatic amines is 1. The van der Waals surface area contributed by atoms with Crippen molar-refractivity contribution in [1.29, 1.82) is 0 Å². The first-order valence-corrected chi connectivity index (χ1v) is 8.18. The molecule has 1 aliphatic carbocycles. The maximum absolute atomic E-state index is 12.7. The third kappa shape index (κ3) is 3.00. The zero-order chi connectivity index (χ0) is 15.6. The van der Waals surface area contributed by atoms with E-state index in [0.717, 1.165) is 25.7 Å². The Bertz CT molecular complexity index is 536. The molecule has 1 aromatic rings. The second-order valence-electron chi connectivity index (χ2n) is 6.82. The maximum Gasteiger partial charge on any atom is 0.271 e. The lowest BCUT2D eigenvalue weighted by Crippen LogP contribution is -2.53. The zero-order valence-electron chi connectivity index (χ0n) is 13.1. The van der Waals surface area contributed by atoms with Crippen LogP contribution in [0.2, 0.25) is 0 Å². The summed E-state index contributed by atoms with van der Waals surface area (Å²) in [7, 11) is 0. The number of nitrogens with zero attached hydrogens (tertiary/aromatic N) is 2. The van der Waals surface area contributed by atoms with Crippen molar-refractivity contribution in [3.63, 3.8) is 0 Å². The number of likely N-dealkylation sites (tertiary alicyclic amines) is 1. The first-order chi connectivity index (χ1) is 10.6. The Morgan fingerprint density at radius 2 is 2.14 bits per heavy atom. The number of piperidine rings is 1. The normalized spacial score (nSPS) is 26.1. The van der Waals surface area contributed by atoms with Gasteiger partial charge in [0, 0.05) is 25.3 Å². The first-order valence-electron chi connectivity index (χ1n) is 8.18. The van der Waals surface area contributed by atoms with Gasteiger partial charge in [-0.25, -0.2) is 0 Å². The number of carbonyl (C=O) groups is 2. The van der Waals surface area contributed by atoms with Gasteiger partial charge in [0.15, 0.2) is 0 Å². The number of nitrogens with one attached hydrogen (secondary N) is 2. The quantitative estimate of drug-likeness (QED) is 0.892. The predicted octanol–water partition coefficient (Wildman–Crippen LogP) is 1.71. The van der Waals surface area contributed by atoms with E-state index in [1.165, 1.54) is 12.8 Å². The fourth-order valence-corrected chi connectivity index (χ4v) is 3.57. The van der Waals surface area contributed by atoms with E-state index >= 15 is 0 Å². The molecule has 2 N–H and O–H groups in total. The average molecular weight is 304 g/mol.